The van der Waals surface area contributed by atoms with Gasteiger partial charge in [0.05, 0.1) is 31.5 Å². The molecule has 13 heteroatoms. The number of thiocarbonyl (C=S) groups is 1. The zero-order valence-electron chi connectivity index (χ0n) is 24.1. The van der Waals surface area contributed by atoms with E-state index >= 15 is 0 Å². The first-order valence-corrected chi connectivity index (χ1v) is 15.7. The van der Waals surface area contributed by atoms with Gasteiger partial charge in [-0.1, -0.05) is 46.3 Å². The van der Waals surface area contributed by atoms with Gasteiger partial charge >= 0.3 is 5.97 Å². The molecule has 1 atom stereocenters. The summed E-state index contributed by atoms with van der Waals surface area (Å²) in [6.07, 6.45) is 1.49. The summed E-state index contributed by atoms with van der Waals surface area (Å²) in [6, 6.07) is 18.0. The highest BCUT2D eigenvalue weighted by molar-refractivity contribution is 14.1. The molecule has 230 valence electrons. The van der Waals surface area contributed by atoms with Gasteiger partial charge in [-0.2, -0.15) is 5.10 Å². The largest absolute Gasteiger partial charge is 0.493 e. The lowest BCUT2D eigenvalue weighted by molar-refractivity contribution is -0.139. The van der Waals surface area contributed by atoms with Crippen LogP contribution in [0.25, 0.3) is 0 Å². The van der Waals surface area contributed by atoms with Gasteiger partial charge in [-0.25, -0.2) is 10.2 Å². The van der Waals surface area contributed by atoms with Crippen molar-refractivity contribution >= 4 is 73.9 Å². The smallest absolute Gasteiger partial charge is 0.338 e. The molecule has 1 aliphatic rings. The Morgan fingerprint density at radius 2 is 1.86 bits per heavy atom. The van der Waals surface area contributed by atoms with Gasteiger partial charge in [-0.05, 0) is 84.6 Å². The van der Waals surface area contributed by atoms with Crippen LogP contribution in [0.1, 0.15) is 36.6 Å². The summed E-state index contributed by atoms with van der Waals surface area (Å²) in [6.45, 7) is 3.70. The van der Waals surface area contributed by atoms with Gasteiger partial charge in [0.2, 0.25) is 0 Å². The molecule has 3 aromatic rings. The topological polar surface area (TPSA) is 120 Å². The van der Waals surface area contributed by atoms with Gasteiger partial charge in [0.1, 0.15) is 12.4 Å². The number of rotatable bonds is 12. The minimum absolute atomic E-state index is 0.222. The summed E-state index contributed by atoms with van der Waals surface area (Å²) in [5.41, 5.74) is 5.66. The fourth-order valence-electron chi connectivity index (χ4n) is 4.33. The van der Waals surface area contributed by atoms with E-state index in [1.165, 1.54) is 6.21 Å². The van der Waals surface area contributed by atoms with Crippen LogP contribution in [-0.4, -0.2) is 43.5 Å². The van der Waals surface area contributed by atoms with E-state index in [-0.39, 0.29) is 13.2 Å². The zero-order chi connectivity index (χ0) is 31.6. The number of nitrogens with zero attached hydrogens (tertiary/aromatic N) is 1. The summed E-state index contributed by atoms with van der Waals surface area (Å²) < 4.78 is 24.7. The SMILES string of the molecule is CCOC(=O)C1=C(C)NC(=S)N[C@H]1c1ccccc1OCC(=O)NN=Cc1cc(I)cc(OC)c1OCc1ccc(Br)cc1. The third-order valence-corrected chi connectivity index (χ3v) is 7.68. The lowest BCUT2D eigenvalue weighted by atomic mass is 9.95. The van der Waals surface area contributed by atoms with Gasteiger partial charge in [-0.3, -0.25) is 4.79 Å². The number of carbonyl (C=O) groups is 2. The summed E-state index contributed by atoms with van der Waals surface area (Å²) in [5.74, 6) is 0.463. The lowest BCUT2D eigenvalue weighted by Crippen LogP contribution is -2.45. The van der Waals surface area contributed by atoms with Gasteiger partial charge < -0.3 is 29.6 Å². The summed E-state index contributed by atoms with van der Waals surface area (Å²) in [4.78, 5) is 25.5. The van der Waals surface area contributed by atoms with E-state index in [2.05, 4.69) is 59.7 Å². The highest BCUT2D eigenvalue weighted by Crippen LogP contribution is 2.35. The number of benzene rings is 3. The van der Waals surface area contributed by atoms with E-state index in [0.29, 0.717) is 51.4 Å². The van der Waals surface area contributed by atoms with Crippen LogP contribution in [0.2, 0.25) is 0 Å². The van der Waals surface area contributed by atoms with Gasteiger partial charge in [0, 0.05) is 24.9 Å². The number of esters is 1. The van der Waals surface area contributed by atoms with Crippen molar-refractivity contribution in [3.05, 3.63) is 96.7 Å². The van der Waals surface area contributed by atoms with Crippen LogP contribution in [0.15, 0.2) is 81.5 Å². The Hall–Kier alpha value is -3.69. The third-order valence-electron chi connectivity index (χ3n) is 6.31. The molecule has 3 aromatic carbocycles. The van der Waals surface area contributed by atoms with Crippen LogP contribution in [0.4, 0.5) is 0 Å². The van der Waals surface area contributed by atoms with E-state index < -0.39 is 17.9 Å². The molecule has 0 fully saturated rings. The summed E-state index contributed by atoms with van der Waals surface area (Å²) >= 11 is 10.9. The average Bonchev–Trinajstić information content (AvgIpc) is 3.00. The second kappa shape index (κ2) is 15.9. The van der Waals surface area contributed by atoms with Crippen molar-refractivity contribution in [2.45, 2.75) is 26.5 Å². The molecule has 3 N–H and O–H groups in total. The fourth-order valence-corrected chi connectivity index (χ4v) is 5.49. The van der Waals surface area contributed by atoms with Gasteiger partial charge in [0.25, 0.3) is 5.91 Å². The maximum Gasteiger partial charge on any atom is 0.338 e. The standard InChI is InChI=1S/C31H30BrIN4O6S/c1-4-41-30(39)27-18(2)35-31(44)36-28(27)23-7-5-6-8-24(23)42-17-26(38)37-34-15-20-13-22(33)14-25(40-3)29(20)43-16-19-9-11-21(32)12-10-19/h5-15,28H,4,16-17H2,1-3H3,(H,37,38)(H2,35,36,44)/t28-/m0/s1. The van der Waals surface area contributed by atoms with Crippen LogP contribution < -0.4 is 30.3 Å². The number of hydrogen-bond acceptors (Lipinski definition) is 8. The minimum Gasteiger partial charge on any atom is -0.493 e. The Morgan fingerprint density at radius 1 is 1.11 bits per heavy atom. The molecule has 1 heterocycles. The Labute approximate surface area is 282 Å². The van der Waals surface area contributed by atoms with Crippen molar-refractivity contribution < 1.29 is 28.5 Å². The van der Waals surface area contributed by atoms with Crippen LogP contribution >= 0.6 is 50.7 Å². The number of hydrogen-bond donors (Lipinski definition) is 3. The van der Waals surface area contributed by atoms with E-state index in [1.807, 2.05) is 42.5 Å². The number of nitrogens with one attached hydrogen (secondary N) is 3. The number of allylic oxidation sites excluding steroid dienone is 1. The molecule has 0 aromatic heterocycles. The van der Waals surface area contributed by atoms with Gasteiger partial charge in [0.15, 0.2) is 23.2 Å². The lowest BCUT2D eigenvalue weighted by Gasteiger charge is -2.30. The van der Waals surface area contributed by atoms with Crippen molar-refractivity contribution in [1.82, 2.24) is 16.1 Å². The first kappa shape index (κ1) is 33.2. The van der Waals surface area contributed by atoms with E-state index in [1.54, 1.807) is 39.2 Å². The molecule has 1 aliphatic heterocycles. The molecule has 0 spiro atoms. The minimum atomic E-state index is -0.633. The predicted molar refractivity (Wildman–Crippen MR) is 183 cm³/mol. The second-order valence-corrected chi connectivity index (χ2v) is 11.9. The molecular formula is C31H30BrIN4O6S. The molecular weight excluding hydrogens is 763 g/mol. The quantitative estimate of drug-likeness (QED) is 0.0716. The van der Waals surface area contributed by atoms with E-state index in [4.69, 9.17) is 31.2 Å². The Balaban J connectivity index is 1.45. The van der Waals surface area contributed by atoms with Crippen LogP contribution in [-0.2, 0) is 20.9 Å². The molecule has 0 saturated heterocycles. The van der Waals surface area contributed by atoms with E-state index in [9.17, 15) is 9.59 Å². The summed E-state index contributed by atoms with van der Waals surface area (Å²) in [5, 5.41) is 10.6. The number of halogens is 2. The highest BCUT2D eigenvalue weighted by atomic mass is 127. The van der Waals surface area contributed by atoms with Crippen LogP contribution in [0.5, 0.6) is 17.2 Å². The van der Waals surface area contributed by atoms with Crippen LogP contribution in [0.3, 0.4) is 0 Å². The Kier molecular flexibility index (Phi) is 12.0. The molecule has 0 unspecified atom stereocenters. The number of para-hydroxylation sites is 1. The predicted octanol–water partition coefficient (Wildman–Crippen LogP) is 5.53. The molecule has 4 rings (SSSR count). The number of carbonyl (C=O) groups excluding carboxylic acids is 2. The monoisotopic (exact) mass is 792 g/mol. The van der Waals surface area contributed by atoms with Gasteiger partial charge in [-0.15, -0.1) is 0 Å². The summed E-state index contributed by atoms with van der Waals surface area (Å²) in [7, 11) is 1.56. The maximum absolute atomic E-state index is 12.8. The average molecular weight is 793 g/mol. The molecule has 0 aliphatic carbocycles. The third kappa shape index (κ3) is 8.70. The normalized spacial score (nSPS) is 14.5. The maximum atomic E-state index is 12.8. The number of hydrazone groups is 1. The first-order chi connectivity index (χ1) is 21.2. The van der Waals surface area contributed by atoms with Crippen molar-refractivity contribution in [2.24, 2.45) is 5.10 Å². The van der Waals surface area contributed by atoms with Crippen molar-refractivity contribution in [1.29, 1.82) is 0 Å². The zero-order valence-corrected chi connectivity index (χ0v) is 28.7. The molecule has 0 radical (unpaired) electrons. The molecule has 44 heavy (non-hydrogen) atoms. The highest BCUT2D eigenvalue weighted by Gasteiger charge is 2.32. The van der Waals surface area contributed by atoms with Crippen molar-refractivity contribution in [3.8, 4) is 17.2 Å². The Bertz CT molecular complexity index is 1600. The molecule has 0 saturated carbocycles. The number of amides is 1. The second-order valence-electron chi connectivity index (χ2n) is 9.35. The number of methoxy groups -OCH3 is 1. The molecule has 10 nitrogen and oxygen atoms in total. The van der Waals surface area contributed by atoms with Crippen molar-refractivity contribution in [3.63, 3.8) is 0 Å². The first-order valence-electron chi connectivity index (χ1n) is 13.4. The fraction of sp³-hybridized carbons (Fsp3) is 0.226. The molecule has 0 bridgehead atoms. The van der Waals surface area contributed by atoms with Crippen LogP contribution in [0, 0.1) is 3.57 Å². The number of ether oxygens (including phenoxy) is 4. The molecule has 1 amide bonds. The Morgan fingerprint density at radius 3 is 2.59 bits per heavy atom. The van der Waals surface area contributed by atoms with E-state index in [0.717, 1.165) is 13.6 Å². The van der Waals surface area contributed by atoms with Crippen molar-refractivity contribution in [2.75, 3.05) is 20.3 Å².